The van der Waals surface area contributed by atoms with Crippen LogP contribution in [-0.4, -0.2) is 37.6 Å². The van der Waals surface area contributed by atoms with Gasteiger partial charge in [0.25, 0.3) is 0 Å². The van der Waals surface area contributed by atoms with Gasteiger partial charge >= 0.3 is 0 Å². The molecular formula is C19H30N2. The number of fused-ring (bicyclic) bond motifs is 1. The standard InChI is InChI=1S/C19H30N2/c1-15-7-6-10-19(12-15,21(2)3)14-20-13-17-11-16-8-4-5-9-18(16)17/h4-5,8-9,15,17,20H,6-7,10-14H2,1-3H3. The van der Waals surface area contributed by atoms with Crippen LogP contribution in [0.15, 0.2) is 24.3 Å². The van der Waals surface area contributed by atoms with E-state index < -0.39 is 0 Å². The van der Waals surface area contributed by atoms with Crippen molar-refractivity contribution in [2.75, 3.05) is 27.2 Å². The van der Waals surface area contributed by atoms with Crippen LogP contribution in [0, 0.1) is 5.92 Å². The second kappa shape index (κ2) is 6.10. The highest BCUT2D eigenvalue weighted by atomic mass is 15.2. The molecule has 0 saturated heterocycles. The largest absolute Gasteiger partial charge is 0.314 e. The van der Waals surface area contributed by atoms with Crippen molar-refractivity contribution in [1.29, 1.82) is 0 Å². The quantitative estimate of drug-likeness (QED) is 0.892. The monoisotopic (exact) mass is 286 g/mol. The smallest absolute Gasteiger partial charge is 0.0330 e. The molecule has 0 spiro atoms. The minimum Gasteiger partial charge on any atom is -0.314 e. The molecule has 3 unspecified atom stereocenters. The van der Waals surface area contributed by atoms with Crippen molar-refractivity contribution in [2.45, 2.75) is 50.5 Å². The number of likely N-dealkylation sites (N-methyl/N-ethyl adjacent to an activating group) is 1. The summed E-state index contributed by atoms with van der Waals surface area (Å²) in [5.74, 6) is 1.61. The normalized spacial score (nSPS) is 31.8. The van der Waals surface area contributed by atoms with E-state index in [1.807, 2.05) is 0 Å². The van der Waals surface area contributed by atoms with E-state index >= 15 is 0 Å². The Kier molecular flexibility index (Phi) is 4.37. The second-order valence-corrected chi connectivity index (χ2v) is 7.55. The molecule has 0 heterocycles. The van der Waals surface area contributed by atoms with Gasteiger partial charge in [0.1, 0.15) is 0 Å². The van der Waals surface area contributed by atoms with E-state index in [4.69, 9.17) is 0 Å². The van der Waals surface area contributed by atoms with Crippen LogP contribution in [0.25, 0.3) is 0 Å². The molecule has 2 heteroatoms. The fourth-order valence-electron chi connectivity index (χ4n) is 4.38. The number of nitrogens with zero attached hydrogens (tertiary/aromatic N) is 1. The molecule has 1 fully saturated rings. The number of benzene rings is 1. The molecule has 1 N–H and O–H groups in total. The lowest BCUT2D eigenvalue weighted by Crippen LogP contribution is -2.54. The molecule has 2 aliphatic rings. The Balaban J connectivity index is 1.54. The molecule has 2 aliphatic carbocycles. The Morgan fingerprint density at radius 2 is 2.10 bits per heavy atom. The Labute approximate surface area is 129 Å². The number of rotatable bonds is 5. The van der Waals surface area contributed by atoms with E-state index in [1.54, 1.807) is 11.1 Å². The van der Waals surface area contributed by atoms with Crippen LogP contribution in [0.5, 0.6) is 0 Å². The van der Waals surface area contributed by atoms with Gasteiger partial charge in [-0.2, -0.15) is 0 Å². The Morgan fingerprint density at radius 3 is 2.81 bits per heavy atom. The van der Waals surface area contributed by atoms with Gasteiger partial charge in [0.15, 0.2) is 0 Å². The SMILES string of the molecule is CC1CCCC(CNCC2Cc3ccccc32)(N(C)C)C1. The maximum absolute atomic E-state index is 3.80. The average Bonchev–Trinajstić information content (AvgIpc) is 2.44. The van der Waals surface area contributed by atoms with Gasteiger partial charge in [-0.15, -0.1) is 0 Å². The molecule has 0 aliphatic heterocycles. The maximum Gasteiger partial charge on any atom is 0.0330 e. The first-order valence-corrected chi connectivity index (χ1v) is 8.57. The second-order valence-electron chi connectivity index (χ2n) is 7.55. The summed E-state index contributed by atoms with van der Waals surface area (Å²) in [4.78, 5) is 2.48. The molecule has 0 amide bonds. The molecule has 1 aromatic carbocycles. The van der Waals surface area contributed by atoms with E-state index in [2.05, 4.69) is 55.5 Å². The lowest BCUT2D eigenvalue weighted by Gasteiger charge is -2.46. The summed E-state index contributed by atoms with van der Waals surface area (Å²) in [7, 11) is 4.52. The molecule has 3 rings (SSSR count). The van der Waals surface area contributed by atoms with Crippen molar-refractivity contribution in [2.24, 2.45) is 5.92 Å². The van der Waals surface area contributed by atoms with Crippen molar-refractivity contribution >= 4 is 0 Å². The molecule has 0 bridgehead atoms. The summed E-state index contributed by atoms with van der Waals surface area (Å²) >= 11 is 0. The van der Waals surface area contributed by atoms with E-state index in [1.165, 1.54) is 32.1 Å². The molecule has 116 valence electrons. The van der Waals surface area contributed by atoms with Crippen LogP contribution in [0.2, 0.25) is 0 Å². The van der Waals surface area contributed by atoms with Crippen LogP contribution >= 0.6 is 0 Å². The third-order valence-electron chi connectivity index (χ3n) is 5.82. The predicted molar refractivity (Wildman–Crippen MR) is 89.8 cm³/mol. The molecule has 0 aromatic heterocycles. The van der Waals surface area contributed by atoms with Crippen LogP contribution in [0.3, 0.4) is 0 Å². The highest BCUT2D eigenvalue weighted by Crippen LogP contribution is 2.36. The van der Waals surface area contributed by atoms with Crippen LogP contribution in [0.1, 0.15) is 49.7 Å². The van der Waals surface area contributed by atoms with Crippen LogP contribution < -0.4 is 5.32 Å². The first kappa shape index (κ1) is 15.1. The highest BCUT2D eigenvalue weighted by Gasteiger charge is 2.37. The van der Waals surface area contributed by atoms with Crippen molar-refractivity contribution in [3.63, 3.8) is 0 Å². The third-order valence-corrected chi connectivity index (χ3v) is 5.82. The molecule has 0 radical (unpaired) electrons. The van der Waals surface area contributed by atoms with Crippen molar-refractivity contribution < 1.29 is 0 Å². The van der Waals surface area contributed by atoms with E-state index in [-0.39, 0.29) is 0 Å². The fraction of sp³-hybridized carbons (Fsp3) is 0.684. The predicted octanol–water partition coefficient (Wildman–Crippen LogP) is 3.43. The zero-order valence-corrected chi connectivity index (χ0v) is 13.9. The molecule has 1 saturated carbocycles. The van der Waals surface area contributed by atoms with E-state index in [9.17, 15) is 0 Å². The minimum atomic E-state index is 0.376. The summed E-state index contributed by atoms with van der Waals surface area (Å²) in [5.41, 5.74) is 3.50. The maximum atomic E-state index is 3.80. The van der Waals surface area contributed by atoms with Gasteiger partial charge in [-0.25, -0.2) is 0 Å². The highest BCUT2D eigenvalue weighted by molar-refractivity contribution is 5.40. The van der Waals surface area contributed by atoms with Crippen LogP contribution in [0.4, 0.5) is 0 Å². The lowest BCUT2D eigenvalue weighted by molar-refractivity contribution is 0.0748. The van der Waals surface area contributed by atoms with Crippen molar-refractivity contribution in [3.8, 4) is 0 Å². The third kappa shape index (κ3) is 3.02. The Bertz CT molecular complexity index is 482. The van der Waals surface area contributed by atoms with Crippen molar-refractivity contribution in [3.05, 3.63) is 35.4 Å². The van der Waals surface area contributed by atoms with Gasteiger partial charge in [0, 0.05) is 24.5 Å². The molecule has 2 nitrogen and oxygen atoms in total. The Hall–Kier alpha value is -0.860. The fourth-order valence-corrected chi connectivity index (χ4v) is 4.38. The first-order chi connectivity index (χ1) is 10.1. The van der Waals surface area contributed by atoms with Gasteiger partial charge in [-0.1, -0.05) is 44.0 Å². The van der Waals surface area contributed by atoms with Crippen LogP contribution in [-0.2, 0) is 6.42 Å². The van der Waals surface area contributed by atoms with E-state index in [0.29, 0.717) is 5.54 Å². The summed E-state index contributed by atoms with van der Waals surface area (Å²) in [6.07, 6.45) is 6.74. The summed E-state index contributed by atoms with van der Waals surface area (Å²) in [6.45, 7) is 4.70. The van der Waals surface area contributed by atoms with Gasteiger partial charge < -0.3 is 10.2 Å². The van der Waals surface area contributed by atoms with Gasteiger partial charge in [0.2, 0.25) is 0 Å². The molecule has 1 aromatic rings. The topological polar surface area (TPSA) is 15.3 Å². The van der Waals surface area contributed by atoms with Crippen molar-refractivity contribution in [1.82, 2.24) is 10.2 Å². The molecular weight excluding hydrogens is 256 g/mol. The van der Waals surface area contributed by atoms with E-state index in [0.717, 1.165) is 24.9 Å². The summed E-state index contributed by atoms with van der Waals surface area (Å²) < 4.78 is 0. The summed E-state index contributed by atoms with van der Waals surface area (Å²) in [6, 6.07) is 8.91. The number of hydrogen-bond acceptors (Lipinski definition) is 2. The van der Waals surface area contributed by atoms with Gasteiger partial charge in [-0.3, -0.25) is 0 Å². The first-order valence-electron chi connectivity index (χ1n) is 8.57. The molecule has 3 atom stereocenters. The minimum absolute atomic E-state index is 0.376. The number of nitrogens with one attached hydrogen (secondary N) is 1. The summed E-state index contributed by atoms with van der Waals surface area (Å²) in [5, 5.41) is 3.80. The molecule has 21 heavy (non-hydrogen) atoms. The zero-order valence-electron chi connectivity index (χ0n) is 13.9. The zero-order chi connectivity index (χ0) is 14.9. The Morgan fingerprint density at radius 1 is 1.29 bits per heavy atom. The lowest BCUT2D eigenvalue weighted by atomic mass is 9.75. The average molecular weight is 286 g/mol. The van der Waals surface area contributed by atoms with Gasteiger partial charge in [-0.05, 0) is 50.4 Å². The number of hydrogen-bond donors (Lipinski definition) is 1. The van der Waals surface area contributed by atoms with Gasteiger partial charge in [0.05, 0.1) is 0 Å².